The average Bonchev–Trinajstić information content (AvgIpc) is 3.24. The lowest BCUT2D eigenvalue weighted by atomic mass is 9.94. The van der Waals surface area contributed by atoms with Crippen LogP contribution in [0.2, 0.25) is 0 Å². The van der Waals surface area contributed by atoms with Crippen LogP contribution in [0.5, 0.6) is 0 Å². The van der Waals surface area contributed by atoms with E-state index in [1.165, 1.54) is 13.8 Å². The van der Waals surface area contributed by atoms with Crippen molar-refractivity contribution in [1.29, 1.82) is 0 Å². The lowest BCUT2D eigenvalue weighted by Crippen LogP contribution is -2.69. The number of nitrogens with two attached hydrogens (primary N) is 1. The molecule has 5 aliphatic rings. The number of amides is 1. The van der Waals surface area contributed by atoms with Crippen LogP contribution in [0.25, 0.3) is 0 Å². The predicted octanol–water partition coefficient (Wildman–Crippen LogP) is -9.17. The van der Waals surface area contributed by atoms with Gasteiger partial charge in [-0.2, -0.15) is 0 Å². The Labute approximate surface area is 359 Å². The van der Waals surface area contributed by atoms with Crippen molar-refractivity contribution in [3.63, 3.8) is 0 Å². The van der Waals surface area contributed by atoms with Gasteiger partial charge in [0.05, 0.1) is 38.6 Å². The second-order valence-corrected chi connectivity index (χ2v) is 15.9. The summed E-state index contributed by atoms with van der Waals surface area (Å²) in [6.45, 7) is 2.39. The zero-order valence-electron chi connectivity index (χ0n) is 34.7. The van der Waals surface area contributed by atoms with Gasteiger partial charge in [0.2, 0.25) is 5.91 Å². The van der Waals surface area contributed by atoms with Crippen LogP contribution in [-0.2, 0) is 61.7 Å². The SMILES string of the molecule is CC(=O)N[C@H]1[C@H](OCCN)O[C@H](CO)[C@@H](O)[C@@H]1O[C@@H]1O[C@@H](C)[C@H](O)[C@@H](O[C@H]2O[C@H](CO[C@@H]3O[C@H](CO)[C@@H](O)[C@H](O)[C@H]3O)[C@@H](O)[C@H](O[C@@H]3O[C@@H](C)[C@H](O)[C@@H](O)[C@H]3O)[C@H]2O)[C@H]1OC(C)=O. The summed E-state index contributed by atoms with van der Waals surface area (Å²) in [7, 11) is 0. The number of aliphatic hydroxyl groups excluding tert-OH is 12. The summed E-state index contributed by atoms with van der Waals surface area (Å²) in [4.78, 5) is 25.0. The van der Waals surface area contributed by atoms with Crippen molar-refractivity contribution in [2.45, 2.75) is 181 Å². The molecule has 27 nitrogen and oxygen atoms in total. The van der Waals surface area contributed by atoms with Crippen LogP contribution in [0.3, 0.4) is 0 Å². The highest BCUT2D eigenvalue weighted by Crippen LogP contribution is 2.36. The van der Waals surface area contributed by atoms with Crippen LogP contribution >= 0.6 is 0 Å². The van der Waals surface area contributed by atoms with Gasteiger partial charge in [0.1, 0.15) is 104 Å². The molecule has 0 unspecified atom stereocenters. The highest BCUT2D eigenvalue weighted by atomic mass is 16.8. The summed E-state index contributed by atoms with van der Waals surface area (Å²) < 4.78 is 63.3. The fraction of sp³-hybridized carbons (Fsp3) is 0.944. The molecule has 5 aliphatic heterocycles. The van der Waals surface area contributed by atoms with Crippen molar-refractivity contribution < 1.29 is 123 Å². The molecule has 0 bridgehead atoms. The van der Waals surface area contributed by atoms with Gasteiger partial charge in [0, 0.05) is 20.4 Å². The van der Waals surface area contributed by atoms with E-state index in [4.69, 9.17) is 57.8 Å². The van der Waals surface area contributed by atoms with Crippen molar-refractivity contribution >= 4 is 11.9 Å². The summed E-state index contributed by atoms with van der Waals surface area (Å²) in [5, 5.41) is 131. The molecule has 0 radical (unpaired) electrons. The number of aliphatic hydroxyl groups is 12. The molecule has 5 heterocycles. The molecule has 1 amide bonds. The van der Waals surface area contributed by atoms with E-state index in [2.05, 4.69) is 5.32 Å². The Hall–Kier alpha value is -1.98. The number of esters is 1. The third-order valence-electron chi connectivity index (χ3n) is 11.3. The normalized spacial score (nSPS) is 48.4. The number of hydrogen-bond donors (Lipinski definition) is 14. The van der Waals surface area contributed by atoms with Gasteiger partial charge < -0.3 is 124 Å². The molecular weight excluding hydrogens is 860 g/mol. The van der Waals surface area contributed by atoms with Crippen molar-refractivity contribution in [2.75, 3.05) is 33.0 Å². The number of nitrogens with one attached hydrogen (secondary N) is 1. The molecule has 0 aliphatic carbocycles. The van der Waals surface area contributed by atoms with Gasteiger partial charge in [-0.25, -0.2) is 0 Å². The molecule has 0 saturated carbocycles. The predicted molar refractivity (Wildman–Crippen MR) is 198 cm³/mol. The molecule has 0 spiro atoms. The maximum atomic E-state index is 12.6. The number of carbonyl (C=O) groups excluding carboxylic acids is 2. The quantitative estimate of drug-likeness (QED) is 0.0639. The van der Waals surface area contributed by atoms with Crippen LogP contribution in [-0.4, -0.2) is 260 Å². The van der Waals surface area contributed by atoms with Crippen LogP contribution in [0.1, 0.15) is 27.7 Å². The minimum atomic E-state index is -2.12. The monoisotopic (exact) mass is 922 g/mol. The highest BCUT2D eigenvalue weighted by Gasteiger charge is 2.57. The molecule has 63 heavy (non-hydrogen) atoms. The van der Waals surface area contributed by atoms with Gasteiger partial charge in [-0.15, -0.1) is 0 Å². The Bertz CT molecular complexity index is 1460. The Morgan fingerprint density at radius 2 is 1.03 bits per heavy atom. The van der Waals surface area contributed by atoms with E-state index in [0.29, 0.717) is 0 Å². The summed E-state index contributed by atoms with van der Waals surface area (Å²) >= 11 is 0. The van der Waals surface area contributed by atoms with Crippen LogP contribution in [0, 0.1) is 0 Å². The van der Waals surface area contributed by atoms with E-state index in [1.807, 2.05) is 0 Å². The van der Waals surface area contributed by atoms with Crippen LogP contribution < -0.4 is 11.1 Å². The molecular formula is C36H62N2O25. The summed E-state index contributed by atoms with van der Waals surface area (Å²) in [5.74, 6) is -1.61. The Morgan fingerprint density at radius 3 is 1.65 bits per heavy atom. The molecule has 5 rings (SSSR count). The fourth-order valence-corrected chi connectivity index (χ4v) is 7.81. The van der Waals surface area contributed by atoms with Gasteiger partial charge in [0.15, 0.2) is 37.6 Å². The number of hydrogen-bond acceptors (Lipinski definition) is 26. The largest absolute Gasteiger partial charge is 0.454 e. The van der Waals surface area contributed by atoms with Crippen molar-refractivity contribution in [3.8, 4) is 0 Å². The molecule has 0 aromatic heterocycles. The van der Waals surface area contributed by atoms with Crippen molar-refractivity contribution in [1.82, 2.24) is 5.32 Å². The molecule has 25 atom stereocenters. The average molecular weight is 923 g/mol. The second-order valence-electron chi connectivity index (χ2n) is 15.9. The van der Waals surface area contributed by atoms with Crippen molar-refractivity contribution in [2.24, 2.45) is 5.73 Å². The molecule has 27 heteroatoms. The summed E-state index contributed by atoms with van der Waals surface area (Å²) in [6.07, 6.45) is -41.1. The maximum Gasteiger partial charge on any atom is 0.303 e. The first-order valence-electron chi connectivity index (χ1n) is 20.4. The standard InChI is InChI=1S/C36H62N2O25/c1-10-18(43)23(48)26(51)34(55-10)62-29-22(47)16(9-54-33-25(50)24(49)20(45)14(7-39)59-33)60-35(27(29)52)63-30-19(44)11(2)56-36(31(30)57-13(4)42)61-28-17(38-12(3)41)32(53-6-5-37)58-15(8-40)21(28)46/h10-11,14-36,39-40,43-52H,5-9,37H2,1-4H3,(H,38,41)/t10-,11-,14+,15+,16+,17+,18-,19-,20+,21+,22+,23+,24-,25+,26+,27+,28+,29-,30+,31+,32+,33+,34-,35+,36-/m0/s1. The van der Waals surface area contributed by atoms with E-state index in [1.54, 1.807) is 0 Å². The van der Waals surface area contributed by atoms with Gasteiger partial charge in [-0.1, -0.05) is 0 Å². The van der Waals surface area contributed by atoms with Crippen molar-refractivity contribution in [3.05, 3.63) is 0 Å². The van der Waals surface area contributed by atoms with E-state index < -0.39 is 185 Å². The summed E-state index contributed by atoms with van der Waals surface area (Å²) in [6, 6.07) is -1.32. The Kier molecular flexibility index (Phi) is 18.7. The molecule has 0 aromatic rings. The number of ether oxygens (including phenoxy) is 11. The second kappa shape index (κ2) is 22.7. The molecule has 0 aromatic carbocycles. The summed E-state index contributed by atoms with van der Waals surface area (Å²) in [5.41, 5.74) is 5.60. The van der Waals surface area contributed by atoms with Gasteiger partial charge in [0.25, 0.3) is 0 Å². The highest BCUT2D eigenvalue weighted by molar-refractivity contribution is 5.73. The minimum absolute atomic E-state index is 0.0103. The third kappa shape index (κ3) is 11.8. The topological polar surface area (TPSA) is 416 Å². The fourth-order valence-electron chi connectivity index (χ4n) is 7.81. The molecule has 5 fully saturated rings. The Balaban J connectivity index is 1.46. The van der Waals surface area contributed by atoms with Gasteiger partial charge in [-0.3, -0.25) is 9.59 Å². The van der Waals surface area contributed by atoms with E-state index in [-0.39, 0.29) is 13.2 Å². The van der Waals surface area contributed by atoms with E-state index in [0.717, 1.165) is 13.8 Å². The van der Waals surface area contributed by atoms with Crippen LogP contribution in [0.15, 0.2) is 0 Å². The number of rotatable bonds is 16. The van der Waals surface area contributed by atoms with Crippen LogP contribution in [0.4, 0.5) is 0 Å². The molecule has 5 saturated heterocycles. The van der Waals surface area contributed by atoms with E-state index >= 15 is 0 Å². The first-order valence-corrected chi connectivity index (χ1v) is 20.4. The smallest absolute Gasteiger partial charge is 0.303 e. The molecule has 15 N–H and O–H groups in total. The third-order valence-corrected chi connectivity index (χ3v) is 11.3. The first-order chi connectivity index (χ1) is 29.7. The number of carbonyl (C=O) groups is 2. The zero-order valence-corrected chi connectivity index (χ0v) is 34.7. The lowest BCUT2D eigenvalue weighted by molar-refractivity contribution is -0.388. The lowest BCUT2D eigenvalue weighted by Gasteiger charge is -2.50. The maximum absolute atomic E-state index is 12.6. The van der Waals surface area contributed by atoms with Gasteiger partial charge in [-0.05, 0) is 13.8 Å². The first kappa shape index (κ1) is 52.0. The Morgan fingerprint density at radius 1 is 0.524 bits per heavy atom. The van der Waals surface area contributed by atoms with E-state index in [9.17, 15) is 70.9 Å². The zero-order chi connectivity index (χ0) is 46.6. The minimum Gasteiger partial charge on any atom is -0.454 e. The molecule has 366 valence electrons. The van der Waals surface area contributed by atoms with Gasteiger partial charge >= 0.3 is 5.97 Å².